The first-order valence-corrected chi connectivity index (χ1v) is 8.11. The zero-order chi connectivity index (χ0) is 17.0. The highest BCUT2D eigenvalue weighted by atomic mass is 19.4. The number of nitrogens with zero attached hydrogens (tertiary/aromatic N) is 1. The van der Waals surface area contributed by atoms with Crippen LogP contribution in [0.5, 0.6) is 5.75 Å². The molecule has 0 saturated carbocycles. The summed E-state index contributed by atoms with van der Waals surface area (Å²) in [6, 6.07) is 15.2. The zero-order valence-electron chi connectivity index (χ0n) is 13.3. The summed E-state index contributed by atoms with van der Waals surface area (Å²) < 4.78 is 43.6. The Kier molecular flexibility index (Phi) is 5.09. The summed E-state index contributed by atoms with van der Waals surface area (Å²) in [5.41, 5.74) is 0.608. The lowest BCUT2D eigenvalue weighted by molar-refractivity contribution is -0.137. The van der Waals surface area contributed by atoms with E-state index >= 15 is 0 Å². The van der Waals surface area contributed by atoms with Crippen molar-refractivity contribution >= 4 is 0 Å². The first kappa shape index (κ1) is 16.8. The van der Waals surface area contributed by atoms with Gasteiger partial charge >= 0.3 is 6.18 Å². The van der Waals surface area contributed by atoms with E-state index in [2.05, 4.69) is 17.0 Å². The van der Waals surface area contributed by atoms with Crippen molar-refractivity contribution in [1.29, 1.82) is 0 Å². The Morgan fingerprint density at radius 1 is 1.00 bits per heavy atom. The molecule has 5 heteroatoms. The molecule has 0 aromatic heterocycles. The molecule has 0 bridgehead atoms. The molecule has 2 aromatic rings. The minimum absolute atomic E-state index is 0.0131. The van der Waals surface area contributed by atoms with Crippen LogP contribution < -0.4 is 4.74 Å². The van der Waals surface area contributed by atoms with Crippen LogP contribution >= 0.6 is 0 Å². The van der Waals surface area contributed by atoms with Gasteiger partial charge in [-0.2, -0.15) is 13.2 Å². The van der Waals surface area contributed by atoms with Crippen molar-refractivity contribution in [3.63, 3.8) is 0 Å². The highest BCUT2D eigenvalue weighted by Crippen LogP contribution is 2.30. The molecule has 1 aliphatic rings. The lowest BCUT2D eigenvalue weighted by atomic mass is 10.1. The Morgan fingerprint density at radius 2 is 1.71 bits per heavy atom. The minimum Gasteiger partial charge on any atom is -0.489 e. The first-order valence-electron chi connectivity index (χ1n) is 8.11. The molecule has 0 aliphatic carbocycles. The van der Waals surface area contributed by atoms with E-state index < -0.39 is 11.7 Å². The predicted octanol–water partition coefficient (Wildman–Crippen LogP) is 4.75. The molecule has 1 fully saturated rings. The maximum absolute atomic E-state index is 12.6. The topological polar surface area (TPSA) is 12.5 Å². The molecule has 0 spiro atoms. The molecule has 128 valence electrons. The smallest absolute Gasteiger partial charge is 0.416 e. The van der Waals surface area contributed by atoms with Crippen molar-refractivity contribution in [3.05, 3.63) is 65.7 Å². The summed E-state index contributed by atoms with van der Waals surface area (Å²) in [5, 5.41) is 0. The Labute approximate surface area is 139 Å². The van der Waals surface area contributed by atoms with E-state index in [9.17, 15) is 13.2 Å². The Bertz CT molecular complexity index is 640. The number of rotatable bonds is 4. The van der Waals surface area contributed by atoms with Gasteiger partial charge < -0.3 is 4.74 Å². The third-order valence-corrected chi connectivity index (χ3v) is 4.20. The molecule has 0 amide bonds. The van der Waals surface area contributed by atoms with Gasteiger partial charge in [0, 0.05) is 13.1 Å². The first-order chi connectivity index (χ1) is 11.5. The SMILES string of the molecule is FC(F)(F)c1ccc(OC2CCCN(Cc3ccccc3)C2)cc1. The molecule has 0 N–H and O–H groups in total. The molecule has 2 nitrogen and oxygen atoms in total. The Hall–Kier alpha value is -2.01. The van der Waals surface area contributed by atoms with Crippen LogP contribution in [0.2, 0.25) is 0 Å². The molecule has 1 unspecified atom stereocenters. The third-order valence-electron chi connectivity index (χ3n) is 4.20. The number of alkyl halides is 3. The molecule has 1 aliphatic heterocycles. The molecule has 0 radical (unpaired) electrons. The lowest BCUT2D eigenvalue weighted by Gasteiger charge is -2.33. The van der Waals surface area contributed by atoms with Crippen LogP contribution in [0.3, 0.4) is 0 Å². The van der Waals surface area contributed by atoms with E-state index in [1.54, 1.807) is 0 Å². The fourth-order valence-corrected chi connectivity index (χ4v) is 3.01. The summed E-state index contributed by atoms with van der Waals surface area (Å²) in [7, 11) is 0. The average Bonchev–Trinajstić information content (AvgIpc) is 2.56. The van der Waals surface area contributed by atoms with Crippen LogP contribution in [-0.2, 0) is 12.7 Å². The van der Waals surface area contributed by atoms with Crippen LogP contribution in [0.15, 0.2) is 54.6 Å². The Balaban J connectivity index is 1.57. The molecule has 1 saturated heterocycles. The molecule has 1 atom stereocenters. The molecule has 24 heavy (non-hydrogen) atoms. The monoisotopic (exact) mass is 335 g/mol. The molecule has 2 aromatic carbocycles. The third kappa shape index (κ3) is 4.51. The normalized spacial score (nSPS) is 19.2. The van der Waals surface area contributed by atoms with Crippen LogP contribution in [0.1, 0.15) is 24.0 Å². The molecule has 1 heterocycles. The second kappa shape index (κ2) is 7.26. The highest BCUT2D eigenvalue weighted by molar-refractivity contribution is 5.29. The summed E-state index contributed by atoms with van der Waals surface area (Å²) in [4.78, 5) is 2.33. The maximum Gasteiger partial charge on any atom is 0.416 e. The number of likely N-dealkylation sites (tertiary alicyclic amines) is 1. The van der Waals surface area contributed by atoms with Crippen LogP contribution in [0.25, 0.3) is 0 Å². The molecular formula is C19H20F3NO. The van der Waals surface area contributed by atoms with Gasteiger partial charge in [0.05, 0.1) is 5.56 Å². The van der Waals surface area contributed by atoms with Crippen LogP contribution in [-0.4, -0.2) is 24.1 Å². The minimum atomic E-state index is -4.31. The average molecular weight is 335 g/mol. The quantitative estimate of drug-likeness (QED) is 0.799. The number of hydrogen-bond acceptors (Lipinski definition) is 2. The molecular weight excluding hydrogens is 315 g/mol. The highest BCUT2D eigenvalue weighted by Gasteiger charge is 2.30. The van der Waals surface area contributed by atoms with Crippen LogP contribution in [0, 0.1) is 0 Å². The lowest BCUT2D eigenvalue weighted by Crippen LogP contribution is -2.40. The summed E-state index contributed by atoms with van der Waals surface area (Å²) in [6.45, 7) is 2.67. The van der Waals surface area contributed by atoms with Gasteiger partial charge in [0.25, 0.3) is 0 Å². The molecule has 3 rings (SSSR count). The van der Waals surface area contributed by atoms with Gasteiger partial charge in [-0.3, -0.25) is 4.90 Å². The van der Waals surface area contributed by atoms with Crippen molar-refractivity contribution < 1.29 is 17.9 Å². The van der Waals surface area contributed by atoms with Gasteiger partial charge in [0.1, 0.15) is 11.9 Å². The predicted molar refractivity (Wildman–Crippen MR) is 86.8 cm³/mol. The number of piperidine rings is 1. The van der Waals surface area contributed by atoms with Gasteiger partial charge in [-0.1, -0.05) is 30.3 Å². The van der Waals surface area contributed by atoms with Crippen molar-refractivity contribution in [2.24, 2.45) is 0 Å². The number of halogens is 3. The van der Waals surface area contributed by atoms with E-state index in [1.165, 1.54) is 17.7 Å². The van der Waals surface area contributed by atoms with Gasteiger partial charge in [0.15, 0.2) is 0 Å². The van der Waals surface area contributed by atoms with Gasteiger partial charge in [-0.25, -0.2) is 0 Å². The second-order valence-corrected chi connectivity index (χ2v) is 6.12. The van der Waals surface area contributed by atoms with Crippen LogP contribution in [0.4, 0.5) is 13.2 Å². The summed E-state index contributed by atoms with van der Waals surface area (Å²) >= 11 is 0. The fourth-order valence-electron chi connectivity index (χ4n) is 3.01. The second-order valence-electron chi connectivity index (χ2n) is 6.12. The number of ether oxygens (including phenoxy) is 1. The van der Waals surface area contributed by atoms with Crippen molar-refractivity contribution in [1.82, 2.24) is 4.90 Å². The van der Waals surface area contributed by atoms with Gasteiger partial charge in [-0.05, 0) is 49.2 Å². The maximum atomic E-state index is 12.6. The van der Waals surface area contributed by atoms with Crippen molar-refractivity contribution in [2.75, 3.05) is 13.1 Å². The summed E-state index contributed by atoms with van der Waals surface area (Å²) in [6.07, 6.45) is -2.35. The van der Waals surface area contributed by atoms with E-state index in [-0.39, 0.29) is 6.10 Å². The fraction of sp³-hybridized carbons (Fsp3) is 0.368. The van der Waals surface area contributed by atoms with E-state index in [0.29, 0.717) is 5.75 Å². The van der Waals surface area contributed by atoms with E-state index in [4.69, 9.17) is 4.74 Å². The standard InChI is InChI=1S/C19H20F3NO/c20-19(21,22)16-8-10-17(11-9-16)24-18-7-4-12-23(14-18)13-15-5-2-1-3-6-15/h1-3,5-6,8-11,18H,4,7,12-14H2. The van der Waals surface area contributed by atoms with Gasteiger partial charge in [-0.15, -0.1) is 0 Å². The Morgan fingerprint density at radius 3 is 2.38 bits per heavy atom. The largest absolute Gasteiger partial charge is 0.489 e. The van der Waals surface area contributed by atoms with E-state index in [1.807, 2.05) is 18.2 Å². The zero-order valence-corrected chi connectivity index (χ0v) is 13.3. The van der Waals surface area contributed by atoms with Crippen molar-refractivity contribution in [3.8, 4) is 5.75 Å². The summed E-state index contributed by atoms with van der Waals surface area (Å²) in [5.74, 6) is 0.495. The van der Waals surface area contributed by atoms with E-state index in [0.717, 1.165) is 44.6 Å². The number of benzene rings is 2. The van der Waals surface area contributed by atoms with Crippen molar-refractivity contribution in [2.45, 2.75) is 31.7 Å². The van der Waals surface area contributed by atoms with Gasteiger partial charge in [0.2, 0.25) is 0 Å². The number of hydrogen-bond donors (Lipinski definition) is 0.